The van der Waals surface area contributed by atoms with E-state index in [0.717, 1.165) is 0 Å². The van der Waals surface area contributed by atoms with Crippen molar-refractivity contribution in [1.29, 1.82) is 0 Å². The maximum Gasteiger partial charge on any atom is 0.252 e. The normalized spacial score (nSPS) is 13.3. The van der Waals surface area contributed by atoms with Gasteiger partial charge in [-0.1, -0.05) is 20.8 Å². The summed E-state index contributed by atoms with van der Waals surface area (Å²) in [5.41, 5.74) is -0.504. The molecular formula is C13H18F2N2O3S. The number of sulfonamides is 1. The highest BCUT2D eigenvalue weighted by molar-refractivity contribution is 7.89. The summed E-state index contributed by atoms with van der Waals surface area (Å²) in [5, 5.41) is 7.53. The van der Waals surface area contributed by atoms with Gasteiger partial charge in [-0.25, -0.2) is 22.3 Å². The Kier molecular flexibility index (Phi) is 5.41. The lowest BCUT2D eigenvalue weighted by atomic mass is 10.0. The van der Waals surface area contributed by atoms with Gasteiger partial charge >= 0.3 is 0 Å². The fourth-order valence-corrected chi connectivity index (χ4v) is 2.65. The molecule has 5 nitrogen and oxygen atoms in total. The molecule has 21 heavy (non-hydrogen) atoms. The van der Waals surface area contributed by atoms with Crippen LogP contribution in [0.3, 0.4) is 0 Å². The lowest BCUT2D eigenvalue weighted by Gasteiger charge is -2.21. The van der Waals surface area contributed by atoms with Gasteiger partial charge in [-0.3, -0.25) is 4.79 Å². The first-order valence-electron chi connectivity index (χ1n) is 6.40. The van der Waals surface area contributed by atoms with Crippen LogP contribution in [0, 0.1) is 17.6 Å². The van der Waals surface area contributed by atoms with Gasteiger partial charge in [0.25, 0.3) is 5.91 Å². The number of benzene rings is 1. The van der Waals surface area contributed by atoms with E-state index in [0.29, 0.717) is 18.6 Å². The lowest BCUT2D eigenvalue weighted by molar-refractivity contribution is 0.0920. The standard InChI is InChI=1S/C13H18F2N2O3S/c1-4-11(7(2)3)17-13(18)8-5-9(14)10(15)6-12(8)21(16,19)20/h5-7,11H,4H2,1-3H3,(H,17,18)(H2,16,19,20). The van der Waals surface area contributed by atoms with Gasteiger partial charge in [0.2, 0.25) is 10.0 Å². The number of carbonyl (C=O) groups is 1. The zero-order valence-corrected chi connectivity index (χ0v) is 12.8. The topological polar surface area (TPSA) is 89.3 Å². The Morgan fingerprint density at radius 3 is 2.24 bits per heavy atom. The summed E-state index contributed by atoms with van der Waals surface area (Å²) in [6.07, 6.45) is 0.609. The minimum absolute atomic E-state index is 0.0992. The second kappa shape index (κ2) is 6.48. The predicted molar refractivity (Wildman–Crippen MR) is 74.1 cm³/mol. The molecule has 0 aliphatic rings. The van der Waals surface area contributed by atoms with Crippen LogP contribution in [0.2, 0.25) is 0 Å². The summed E-state index contributed by atoms with van der Waals surface area (Å²) in [4.78, 5) is 11.4. The number of hydrogen-bond acceptors (Lipinski definition) is 3. The number of hydrogen-bond donors (Lipinski definition) is 2. The molecule has 8 heteroatoms. The van der Waals surface area contributed by atoms with Crippen molar-refractivity contribution in [2.24, 2.45) is 11.1 Å². The molecule has 1 atom stereocenters. The molecule has 1 aromatic rings. The van der Waals surface area contributed by atoms with Crippen LogP contribution in [-0.2, 0) is 10.0 Å². The highest BCUT2D eigenvalue weighted by Crippen LogP contribution is 2.19. The lowest BCUT2D eigenvalue weighted by Crippen LogP contribution is -2.39. The van der Waals surface area contributed by atoms with E-state index in [1.54, 1.807) is 0 Å². The van der Waals surface area contributed by atoms with Crippen molar-refractivity contribution in [2.75, 3.05) is 0 Å². The smallest absolute Gasteiger partial charge is 0.252 e. The Labute approximate surface area is 122 Å². The second-order valence-electron chi connectivity index (χ2n) is 5.04. The molecule has 0 radical (unpaired) electrons. The van der Waals surface area contributed by atoms with E-state index in [2.05, 4.69) is 5.32 Å². The number of amides is 1. The molecule has 118 valence electrons. The van der Waals surface area contributed by atoms with Crippen LogP contribution in [-0.4, -0.2) is 20.4 Å². The monoisotopic (exact) mass is 320 g/mol. The van der Waals surface area contributed by atoms with Gasteiger partial charge in [-0.05, 0) is 24.5 Å². The van der Waals surface area contributed by atoms with E-state index in [9.17, 15) is 22.0 Å². The van der Waals surface area contributed by atoms with Gasteiger partial charge in [0.05, 0.1) is 10.5 Å². The third kappa shape index (κ3) is 4.21. The summed E-state index contributed by atoms with van der Waals surface area (Å²) >= 11 is 0. The molecule has 0 fully saturated rings. The maximum absolute atomic E-state index is 13.3. The van der Waals surface area contributed by atoms with Gasteiger partial charge in [0.1, 0.15) is 0 Å². The number of halogens is 2. The fraction of sp³-hybridized carbons (Fsp3) is 0.462. The van der Waals surface area contributed by atoms with Gasteiger partial charge in [0.15, 0.2) is 11.6 Å². The number of carbonyl (C=O) groups excluding carboxylic acids is 1. The summed E-state index contributed by atoms with van der Waals surface area (Å²) in [6, 6.07) is 0.729. The summed E-state index contributed by atoms with van der Waals surface area (Å²) in [7, 11) is -4.35. The third-order valence-electron chi connectivity index (χ3n) is 3.13. The van der Waals surface area contributed by atoms with Gasteiger partial charge < -0.3 is 5.32 Å². The quantitative estimate of drug-likeness (QED) is 0.866. The molecule has 0 saturated carbocycles. The molecule has 1 aromatic carbocycles. The minimum Gasteiger partial charge on any atom is -0.349 e. The van der Waals surface area contributed by atoms with Crippen molar-refractivity contribution in [3.8, 4) is 0 Å². The molecule has 1 rings (SSSR count). The van der Waals surface area contributed by atoms with E-state index >= 15 is 0 Å². The molecule has 0 aromatic heterocycles. The van der Waals surface area contributed by atoms with Crippen LogP contribution in [0.4, 0.5) is 8.78 Å². The number of primary sulfonamides is 1. The number of nitrogens with two attached hydrogens (primary N) is 1. The Bertz CT molecular complexity index is 645. The van der Waals surface area contributed by atoms with E-state index < -0.39 is 38.0 Å². The van der Waals surface area contributed by atoms with Crippen LogP contribution in [0.15, 0.2) is 17.0 Å². The molecule has 0 heterocycles. The summed E-state index contributed by atoms with van der Waals surface area (Å²) < 4.78 is 49.3. The first kappa shape index (κ1) is 17.5. The van der Waals surface area contributed by atoms with Crippen molar-refractivity contribution in [3.63, 3.8) is 0 Å². The molecule has 0 aliphatic carbocycles. The summed E-state index contributed by atoms with van der Waals surface area (Å²) in [6.45, 7) is 5.59. The molecular weight excluding hydrogens is 302 g/mol. The Morgan fingerprint density at radius 2 is 1.81 bits per heavy atom. The second-order valence-corrected chi connectivity index (χ2v) is 6.57. The largest absolute Gasteiger partial charge is 0.349 e. The number of nitrogens with one attached hydrogen (secondary N) is 1. The third-order valence-corrected chi connectivity index (χ3v) is 4.09. The van der Waals surface area contributed by atoms with Crippen molar-refractivity contribution in [2.45, 2.75) is 38.1 Å². The van der Waals surface area contributed by atoms with E-state index in [1.165, 1.54) is 0 Å². The molecule has 1 amide bonds. The highest BCUT2D eigenvalue weighted by atomic mass is 32.2. The van der Waals surface area contributed by atoms with Crippen molar-refractivity contribution < 1.29 is 22.0 Å². The first-order valence-corrected chi connectivity index (χ1v) is 7.95. The predicted octanol–water partition coefficient (Wildman–Crippen LogP) is 1.78. The molecule has 0 aliphatic heterocycles. The van der Waals surface area contributed by atoms with Gasteiger partial charge in [-0.15, -0.1) is 0 Å². The van der Waals surface area contributed by atoms with Crippen molar-refractivity contribution in [1.82, 2.24) is 5.32 Å². The van der Waals surface area contributed by atoms with Crippen LogP contribution in [0.1, 0.15) is 37.6 Å². The zero-order chi connectivity index (χ0) is 16.4. The van der Waals surface area contributed by atoms with Crippen molar-refractivity contribution >= 4 is 15.9 Å². The molecule has 3 N–H and O–H groups in total. The number of rotatable bonds is 5. The fourth-order valence-electron chi connectivity index (χ4n) is 1.93. The van der Waals surface area contributed by atoms with E-state index in [-0.39, 0.29) is 12.0 Å². The van der Waals surface area contributed by atoms with Crippen LogP contribution in [0.5, 0.6) is 0 Å². The van der Waals surface area contributed by atoms with Gasteiger partial charge in [-0.2, -0.15) is 0 Å². The summed E-state index contributed by atoms with van der Waals surface area (Å²) in [5.74, 6) is -3.41. The average molecular weight is 320 g/mol. The Balaban J connectivity index is 3.29. The molecule has 0 saturated heterocycles. The maximum atomic E-state index is 13.3. The van der Waals surface area contributed by atoms with Gasteiger partial charge in [0, 0.05) is 6.04 Å². The average Bonchev–Trinajstić information content (AvgIpc) is 2.36. The Hall–Kier alpha value is -1.54. The van der Waals surface area contributed by atoms with Crippen molar-refractivity contribution in [3.05, 3.63) is 29.3 Å². The first-order chi connectivity index (χ1) is 9.57. The molecule has 1 unspecified atom stereocenters. The molecule has 0 bridgehead atoms. The van der Waals surface area contributed by atoms with Crippen LogP contribution >= 0.6 is 0 Å². The minimum atomic E-state index is -4.35. The SMILES string of the molecule is CCC(NC(=O)c1cc(F)c(F)cc1S(N)(=O)=O)C(C)C. The van der Waals surface area contributed by atoms with E-state index in [1.807, 2.05) is 20.8 Å². The Morgan fingerprint density at radius 1 is 1.29 bits per heavy atom. The van der Waals surface area contributed by atoms with E-state index in [4.69, 9.17) is 5.14 Å². The zero-order valence-electron chi connectivity index (χ0n) is 12.0. The van der Waals surface area contributed by atoms with Crippen LogP contribution < -0.4 is 10.5 Å². The van der Waals surface area contributed by atoms with Crippen LogP contribution in [0.25, 0.3) is 0 Å². The highest BCUT2D eigenvalue weighted by Gasteiger charge is 2.24. The molecule has 0 spiro atoms.